The van der Waals surface area contributed by atoms with Gasteiger partial charge < -0.3 is 10.0 Å². The number of carboxylic acids is 1. The molecule has 0 aliphatic carbocycles. The quantitative estimate of drug-likeness (QED) is 0.394. The molecule has 18 heavy (non-hydrogen) atoms. The predicted molar refractivity (Wildman–Crippen MR) is 69.9 cm³/mol. The zero-order valence-corrected chi connectivity index (χ0v) is 11.2. The summed E-state index contributed by atoms with van der Waals surface area (Å²) in [7, 11) is 3.29. The summed E-state index contributed by atoms with van der Waals surface area (Å²) in [6.07, 6.45) is 1.27. The van der Waals surface area contributed by atoms with E-state index >= 15 is 0 Å². The van der Waals surface area contributed by atoms with Gasteiger partial charge in [-0.15, -0.1) is 0 Å². The third kappa shape index (κ3) is 3.11. The molecule has 5 heteroatoms. The van der Waals surface area contributed by atoms with E-state index in [2.05, 4.69) is 0 Å². The molecule has 0 atom stereocenters. The van der Waals surface area contributed by atoms with Gasteiger partial charge in [0.05, 0.1) is 5.02 Å². The smallest absolute Gasteiger partial charge is 0.341 e. The van der Waals surface area contributed by atoms with Crippen molar-refractivity contribution in [1.29, 1.82) is 0 Å². The standard InChI is InChI=1S/C13H14ClNO3/c1-8-5-4-6-9(11(8)14)12(16)10(13(17)18)7-15(2)3/h4-7H,1-3H3,(H,17,18). The van der Waals surface area contributed by atoms with Gasteiger partial charge >= 0.3 is 5.97 Å². The fourth-order valence-electron chi connectivity index (χ4n) is 1.44. The number of aliphatic carboxylic acids is 1. The molecule has 0 heterocycles. The molecule has 0 fully saturated rings. The molecule has 0 aliphatic rings. The van der Waals surface area contributed by atoms with Crippen LogP contribution < -0.4 is 0 Å². The summed E-state index contributed by atoms with van der Waals surface area (Å²) in [6.45, 7) is 1.76. The number of hydrogen-bond donors (Lipinski definition) is 1. The Balaban J connectivity index is 3.27. The van der Waals surface area contributed by atoms with Crippen LogP contribution in [0.15, 0.2) is 30.0 Å². The fraction of sp³-hybridized carbons (Fsp3) is 0.231. The molecule has 0 saturated carbocycles. The van der Waals surface area contributed by atoms with E-state index in [1.807, 2.05) is 0 Å². The van der Waals surface area contributed by atoms with Crippen molar-refractivity contribution in [3.05, 3.63) is 46.1 Å². The Hall–Kier alpha value is -1.81. The van der Waals surface area contributed by atoms with Gasteiger partial charge in [-0.05, 0) is 18.6 Å². The molecule has 0 amide bonds. The lowest BCUT2D eigenvalue weighted by Crippen LogP contribution is -2.17. The van der Waals surface area contributed by atoms with Gasteiger partial charge in [0.25, 0.3) is 0 Å². The molecule has 1 aromatic carbocycles. The van der Waals surface area contributed by atoms with Crippen molar-refractivity contribution in [2.75, 3.05) is 14.1 Å². The van der Waals surface area contributed by atoms with Gasteiger partial charge in [0, 0.05) is 25.9 Å². The average Bonchev–Trinajstić information content (AvgIpc) is 2.28. The van der Waals surface area contributed by atoms with Crippen molar-refractivity contribution in [3.63, 3.8) is 0 Å². The monoisotopic (exact) mass is 267 g/mol. The number of ketones is 1. The molecule has 0 unspecified atom stereocenters. The first-order valence-corrected chi connectivity index (χ1v) is 5.63. The maximum absolute atomic E-state index is 12.1. The molecule has 1 aromatic rings. The van der Waals surface area contributed by atoms with Gasteiger partial charge in [-0.25, -0.2) is 4.79 Å². The Morgan fingerprint density at radius 2 is 1.94 bits per heavy atom. The van der Waals surface area contributed by atoms with E-state index in [-0.39, 0.29) is 16.2 Å². The van der Waals surface area contributed by atoms with Crippen molar-refractivity contribution >= 4 is 23.4 Å². The van der Waals surface area contributed by atoms with Crippen LogP contribution >= 0.6 is 11.6 Å². The first-order valence-electron chi connectivity index (χ1n) is 5.26. The number of rotatable bonds is 4. The van der Waals surface area contributed by atoms with Crippen LogP contribution in [0.2, 0.25) is 5.02 Å². The zero-order valence-electron chi connectivity index (χ0n) is 10.4. The second kappa shape index (κ2) is 5.69. The molecule has 0 radical (unpaired) electrons. The van der Waals surface area contributed by atoms with Crippen molar-refractivity contribution in [1.82, 2.24) is 4.90 Å². The van der Waals surface area contributed by atoms with Crippen molar-refractivity contribution in [3.8, 4) is 0 Å². The number of aryl methyl sites for hydroxylation is 1. The number of halogens is 1. The average molecular weight is 268 g/mol. The van der Waals surface area contributed by atoms with E-state index in [0.29, 0.717) is 0 Å². The number of Topliss-reactive ketones (excluding diaryl/α,β-unsaturated/α-hetero) is 1. The Morgan fingerprint density at radius 1 is 1.33 bits per heavy atom. The summed E-state index contributed by atoms with van der Waals surface area (Å²) in [4.78, 5) is 24.7. The van der Waals surface area contributed by atoms with Crippen molar-refractivity contribution in [2.24, 2.45) is 0 Å². The van der Waals surface area contributed by atoms with Crippen LogP contribution in [0.3, 0.4) is 0 Å². The third-order valence-corrected chi connectivity index (χ3v) is 2.80. The summed E-state index contributed by atoms with van der Waals surface area (Å²) in [6, 6.07) is 4.95. The minimum atomic E-state index is -1.27. The number of benzene rings is 1. The van der Waals surface area contributed by atoms with Crippen LogP contribution in [0, 0.1) is 6.92 Å². The van der Waals surface area contributed by atoms with E-state index in [1.54, 1.807) is 33.2 Å². The van der Waals surface area contributed by atoms with Gasteiger partial charge in [-0.2, -0.15) is 0 Å². The minimum absolute atomic E-state index is 0.201. The first-order chi connectivity index (χ1) is 8.34. The summed E-state index contributed by atoms with van der Waals surface area (Å²) in [5.41, 5.74) is 0.622. The van der Waals surface area contributed by atoms with Gasteiger partial charge in [-0.3, -0.25) is 4.79 Å². The van der Waals surface area contributed by atoms with Gasteiger partial charge in [0.15, 0.2) is 0 Å². The summed E-state index contributed by atoms with van der Waals surface area (Å²) in [5, 5.41) is 9.34. The van der Waals surface area contributed by atoms with Crippen LogP contribution in [-0.4, -0.2) is 35.9 Å². The third-order valence-electron chi connectivity index (χ3n) is 2.30. The highest BCUT2D eigenvalue weighted by Gasteiger charge is 2.22. The van der Waals surface area contributed by atoms with E-state index < -0.39 is 11.8 Å². The summed E-state index contributed by atoms with van der Waals surface area (Å²) >= 11 is 6.02. The fourth-order valence-corrected chi connectivity index (χ4v) is 1.65. The second-order valence-corrected chi connectivity index (χ2v) is 4.46. The Labute approximate surface area is 110 Å². The summed E-state index contributed by atoms with van der Waals surface area (Å²) in [5.74, 6) is -1.86. The molecule has 0 aromatic heterocycles. The summed E-state index contributed by atoms with van der Waals surface area (Å²) < 4.78 is 0. The maximum Gasteiger partial charge on any atom is 0.341 e. The molecular weight excluding hydrogens is 254 g/mol. The number of carbonyl (C=O) groups is 2. The number of carbonyl (C=O) groups excluding carboxylic acids is 1. The van der Waals surface area contributed by atoms with E-state index in [9.17, 15) is 9.59 Å². The molecule has 0 aliphatic heterocycles. The number of carboxylic acid groups (broad SMARTS) is 1. The van der Waals surface area contributed by atoms with E-state index in [0.717, 1.165) is 5.56 Å². The second-order valence-electron chi connectivity index (χ2n) is 4.08. The van der Waals surface area contributed by atoms with Gasteiger partial charge in [0.2, 0.25) is 5.78 Å². The van der Waals surface area contributed by atoms with Gasteiger partial charge in [0.1, 0.15) is 5.57 Å². The molecule has 1 N–H and O–H groups in total. The number of hydrogen-bond acceptors (Lipinski definition) is 3. The first kappa shape index (κ1) is 14.3. The van der Waals surface area contributed by atoms with Crippen molar-refractivity contribution < 1.29 is 14.7 Å². The lowest BCUT2D eigenvalue weighted by Gasteiger charge is -2.09. The van der Waals surface area contributed by atoms with Crippen molar-refractivity contribution in [2.45, 2.75) is 6.92 Å². The molecule has 0 saturated heterocycles. The van der Waals surface area contributed by atoms with Crippen LogP contribution in [-0.2, 0) is 4.79 Å². The highest BCUT2D eigenvalue weighted by molar-refractivity contribution is 6.37. The molecule has 1 rings (SSSR count). The number of nitrogens with zero attached hydrogens (tertiary/aromatic N) is 1. The highest BCUT2D eigenvalue weighted by atomic mass is 35.5. The molecule has 0 spiro atoms. The predicted octanol–water partition coefficient (Wildman–Crippen LogP) is 2.36. The maximum atomic E-state index is 12.1. The zero-order chi connectivity index (χ0) is 13.9. The van der Waals surface area contributed by atoms with Gasteiger partial charge in [-0.1, -0.05) is 23.7 Å². The minimum Gasteiger partial charge on any atom is -0.477 e. The largest absolute Gasteiger partial charge is 0.477 e. The van der Waals surface area contributed by atoms with Crippen LogP contribution in [0.1, 0.15) is 15.9 Å². The molecule has 0 bridgehead atoms. The normalized spacial score (nSPS) is 11.2. The lowest BCUT2D eigenvalue weighted by atomic mass is 10.0. The molecular formula is C13H14ClNO3. The van der Waals surface area contributed by atoms with E-state index in [4.69, 9.17) is 16.7 Å². The van der Waals surface area contributed by atoms with Crippen LogP contribution in [0.25, 0.3) is 0 Å². The Bertz CT molecular complexity index is 521. The Morgan fingerprint density at radius 3 is 2.44 bits per heavy atom. The van der Waals surface area contributed by atoms with E-state index in [1.165, 1.54) is 17.2 Å². The van der Waals surface area contributed by atoms with Crippen LogP contribution in [0.4, 0.5) is 0 Å². The lowest BCUT2D eigenvalue weighted by molar-refractivity contribution is -0.132. The SMILES string of the molecule is Cc1cccc(C(=O)C(=CN(C)C)C(=O)O)c1Cl. The highest BCUT2D eigenvalue weighted by Crippen LogP contribution is 2.23. The Kier molecular flexibility index (Phi) is 4.50. The molecule has 96 valence electrons. The molecule has 4 nitrogen and oxygen atoms in total. The topological polar surface area (TPSA) is 57.6 Å². The van der Waals surface area contributed by atoms with Crippen LogP contribution in [0.5, 0.6) is 0 Å².